The van der Waals surface area contributed by atoms with E-state index >= 15 is 0 Å². The highest BCUT2D eigenvalue weighted by Gasteiger charge is 2.34. The molecule has 2 aromatic carbocycles. The average Bonchev–Trinajstić information content (AvgIpc) is 3.61. The molecule has 1 aliphatic rings. The molecule has 4 aromatic rings. The Labute approximate surface area is 233 Å². The first kappa shape index (κ1) is 27.5. The summed E-state index contributed by atoms with van der Waals surface area (Å²) in [7, 11) is 0. The first-order valence-electron chi connectivity index (χ1n) is 13.9. The second kappa shape index (κ2) is 12.0. The molecule has 1 aliphatic heterocycles. The molecule has 0 saturated heterocycles. The topological polar surface area (TPSA) is 91.2 Å². The highest BCUT2D eigenvalue weighted by Crippen LogP contribution is 2.32. The minimum atomic E-state index is -0.511. The second-order valence-electron chi connectivity index (χ2n) is 10.7. The Morgan fingerprint density at radius 2 is 1.90 bits per heavy atom. The van der Waals surface area contributed by atoms with Gasteiger partial charge >= 0.3 is 0 Å². The van der Waals surface area contributed by atoms with Crippen LogP contribution in [0, 0.1) is 5.82 Å². The van der Waals surface area contributed by atoms with Crippen molar-refractivity contribution in [1.82, 2.24) is 19.7 Å². The van der Waals surface area contributed by atoms with Gasteiger partial charge in [-0.1, -0.05) is 43.3 Å². The number of unbranched alkanes of at least 4 members (excludes halogenated alkanes) is 1. The fourth-order valence-corrected chi connectivity index (χ4v) is 5.53. The molecule has 0 saturated carbocycles. The Balaban J connectivity index is 1.35. The molecule has 7 nitrogen and oxygen atoms in total. The molecule has 0 aliphatic carbocycles. The molecule has 3 heterocycles. The van der Waals surface area contributed by atoms with Crippen molar-refractivity contribution < 1.29 is 19.1 Å². The van der Waals surface area contributed by atoms with Crippen LogP contribution in [0.4, 0.5) is 4.39 Å². The molecule has 1 amide bonds. The Morgan fingerprint density at radius 3 is 2.62 bits per heavy atom. The van der Waals surface area contributed by atoms with Gasteiger partial charge in [0.15, 0.2) is 5.78 Å². The second-order valence-corrected chi connectivity index (χ2v) is 10.7. The lowest BCUT2D eigenvalue weighted by molar-refractivity contribution is 0.0711. The van der Waals surface area contributed by atoms with Gasteiger partial charge in [-0.25, -0.2) is 4.39 Å². The Kier molecular flexibility index (Phi) is 8.26. The number of aliphatic hydroxyl groups is 1. The number of carbonyl (C=O) groups is 2. The van der Waals surface area contributed by atoms with Gasteiger partial charge in [-0.05, 0) is 67.1 Å². The van der Waals surface area contributed by atoms with Crippen LogP contribution in [-0.4, -0.2) is 43.0 Å². The van der Waals surface area contributed by atoms with E-state index in [4.69, 9.17) is 5.10 Å². The largest absolute Gasteiger partial charge is 0.389 e. The van der Waals surface area contributed by atoms with Gasteiger partial charge < -0.3 is 15.0 Å². The van der Waals surface area contributed by atoms with Crippen LogP contribution in [0.2, 0.25) is 0 Å². The fourth-order valence-electron chi connectivity index (χ4n) is 5.53. The maximum atomic E-state index is 13.5. The van der Waals surface area contributed by atoms with E-state index in [0.29, 0.717) is 43.9 Å². The lowest BCUT2D eigenvalue weighted by Gasteiger charge is -2.32. The quantitative estimate of drug-likeness (QED) is 0.196. The number of benzene rings is 2. The number of H-pyrrole nitrogens is 1. The van der Waals surface area contributed by atoms with E-state index in [-0.39, 0.29) is 23.4 Å². The normalized spacial score (nSPS) is 15.6. The maximum Gasteiger partial charge on any atom is 0.270 e. The van der Waals surface area contributed by atoms with Crippen LogP contribution in [-0.2, 0) is 19.5 Å². The molecule has 208 valence electrons. The zero-order valence-corrected chi connectivity index (χ0v) is 22.9. The van der Waals surface area contributed by atoms with E-state index in [2.05, 4.69) is 4.98 Å². The number of nitrogens with zero attached hydrogens (tertiary/aromatic N) is 3. The minimum Gasteiger partial charge on any atom is -0.389 e. The number of aromatic amines is 1. The van der Waals surface area contributed by atoms with Crippen molar-refractivity contribution in [1.29, 1.82) is 0 Å². The summed E-state index contributed by atoms with van der Waals surface area (Å²) in [5, 5.41) is 14.6. The number of halogens is 1. The summed E-state index contributed by atoms with van der Waals surface area (Å²) < 4.78 is 15.4. The van der Waals surface area contributed by atoms with Gasteiger partial charge in [-0.3, -0.25) is 14.3 Å². The van der Waals surface area contributed by atoms with Crippen molar-refractivity contribution in [2.45, 2.75) is 64.6 Å². The number of aryl methyl sites for hydroxylation is 1. The van der Waals surface area contributed by atoms with Gasteiger partial charge in [0.25, 0.3) is 5.91 Å². The number of nitrogens with one attached hydrogen (secondary N) is 1. The molecule has 8 heteroatoms. The Morgan fingerprint density at radius 1 is 1.10 bits per heavy atom. The lowest BCUT2D eigenvalue weighted by Crippen LogP contribution is -2.38. The molecule has 0 fully saturated rings. The number of amides is 1. The summed E-state index contributed by atoms with van der Waals surface area (Å²) >= 11 is 0. The van der Waals surface area contributed by atoms with E-state index in [1.54, 1.807) is 42.3 Å². The SMILES string of the molecule is C[C@@H]1CN(C(=O)c2ccc[nH]2)Cc2c(C(=O)CCCCc3cccc([C@@H](C)O)c3)nn(Cc3ccc(F)cc3)c21. The van der Waals surface area contributed by atoms with Gasteiger partial charge in [0, 0.05) is 36.3 Å². The van der Waals surface area contributed by atoms with Crippen LogP contribution in [0.3, 0.4) is 0 Å². The number of hydrogen-bond donors (Lipinski definition) is 2. The predicted molar refractivity (Wildman–Crippen MR) is 151 cm³/mol. The zero-order chi connectivity index (χ0) is 28.2. The standard InChI is InChI=1S/C32H35FN4O3/c1-21-18-36(32(40)28-10-6-16-34-28)20-27-30(35-37(31(21)27)19-24-12-14-26(33)15-13-24)29(39)11-4-3-7-23-8-5-9-25(17-23)22(2)38/h5-6,8-10,12-17,21-22,34,38H,3-4,7,11,18-20H2,1-2H3/t21-,22-/m1/s1. The lowest BCUT2D eigenvalue weighted by atomic mass is 9.93. The average molecular weight is 543 g/mol. The van der Waals surface area contributed by atoms with Crippen LogP contribution in [0.1, 0.15) is 94.1 Å². The predicted octanol–water partition coefficient (Wildman–Crippen LogP) is 5.81. The van der Waals surface area contributed by atoms with Crippen molar-refractivity contribution in [2.24, 2.45) is 0 Å². The minimum absolute atomic E-state index is 0.0293. The van der Waals surface area contributed by atoms with Gasteiger partial charge in [-0.15, -0.1) is 0 Å². The summed E-state index contributed by atoms with van der Waals surface area (Å²) in [4.78, 5) is 31.5. The molecule has 2 atom stereocenters. The third-order valence-electron chi connectivity index (χ3n) is 7.58. The highest BCUT2D eigenvalue weighted by atomic mass is 19.1. The number of hydrogen-bond acceptors (Lipinski definition) is 4. The van der Waals surface area contributed by atoms with E-state index < -0.39 is 6.10 Å². The van der Waals surface area contributed by atoms with Crippen LogP contribution in [0.5, 0.6) is 0 Å². The van der Waals surface area contributed by atoms with Gasteiger partial charge in [0.1, 0.15) is 17.2 Å². The van der Waals surface area contributed by atoms with Crippen LogP contribution in [0.25, 0.3) is 0 Å². The van der Waals surface area contributed by atoms with E-state index in [1.807, 2.05) is 35.9 Å². The molecule has 2 aromatic heterocycles. The zero-order valence-electron chi connectivity index (χ0n) is 22.9. The molecule has 2 N–H and O–H groups in total. The van der Waals surface area contributed by atoms with Crippen molar-refractivity contribution in [3.8, 4) is 0 Å². The summed E-state index contributed by atoms with van der Waals surface area (Å²) in [6.45, 7) is 5.05. The maximum absolute atomic E-state index is 13.5. The van der Waals surface area contributed by atoms with Crippen molar-refractivity contribution in [2.75, 3.05) is 6.54 Å². The van der Waals surface area contributed by atoms with E-state index in [1.165, 1.54) is 12.1 Å². The van der Waals surface area contributed by atoms with Crippen molar-refractivity contribution in [3.63, 3.8) is 0 Å². The number of fused-ring (bicyclic) bond motifs is 1. The Hall–Kier alpha value is -4.04. The summed E-state index contributed by atoms with van der Waals surface area (Å²) in [5.41, 5.74) is 5.61. The molecule has 5 rings (SSSR count). The van der Waals surface area contributed by atoms with Crippen LogP contribution < -0.4 is 0 Å². The van der Waals surface area contributed by atoms with Crippen molar-refractivity contribution in [3.05, 3.63) is 112 Å². The summed E-state index contributed by atoms with van der Waals surface area (Å²) in [6.07, 6.45) is 3.93. The Bertz CT molecular complexity index is 1470. The molecule has 0 radical (unpaired) electrons. The molecular weight excluding hydrogens is 507 g/mol. The number of aromatic nitrogens is 3. The molecule has 0 unspecified atom stereocenters. The number of aliphatic hydroxyl groups excluding tert-OH is 1. The summed E-state index contributed by atoms with van der Waals surface area (Å²) in [6, 6.07) is 17.8. The van der Waals surface area contributed by atoms with Crippen molar-refractivity contribution >= 4 is 11.7 Å². The smallest absolute Gasteiger partial charge is 0.270 e. The van der Waals surface area contributed by atoms with E-state index in [0.717, 1.165) is 40.8 Å². The van der Waals surface area contributed by atoms with E-state index in [9.17, 15) is 19.1 Å². The molecule has 0 bridgehead atoms. The van der Waals surface area contributed by atoms with Crippen LogP contribution in [0.15, 0.2) is 66.9 Å². The molecule has 40 heavy (non-hydrogen) atoms. The molecular formula is C32H35FN4O3. The first-order valence-corrected chi connectivity index (χ1v) is 13.9. The molecule has 0 spiro atoms. The van der Waals surface area contributed by atoms with Gasteiger partial charge in [-0.2, -0.15) is 5.10 Å². The highest BCUT2D eigenvalue weighted by molar-refractivity contribution is 5.97. The number of Topliss-reactive ketones (excluding diaryl/α,β-unsaturated/α-hetero) is 1. The first-order chi connectivity index (χ1) is 19.3. The number of carbonyl (C=O) groups excluding carboxylic acids is 2. The van der Waals surface area contributed by atoms with Crippen LogP contribution >= 0.6 is 0 Å². The summed E-state index contributed by atoms with van der Waals surface area (Å²) in [5.74, 6) is -0.468. The number of rotatable bonds is 10. The van der Waals surface area contributed by atoms with Gasteiger partial charge in [0.2, 0.25) is 0 Å². The van der Waals surface area contributed by atoms with Gasteiger partial charge in [0.05, 0.1) is 19.2 Å². The third-order valence-corrected chi connectivity index (χ3v) is 7.58. The fraction of sp³-hybridized carbons (Fsp3) is 0.344. The monoisotopic (exact) mass is 542 g/mol. The number of ketones is 1. The third kappa shape index (κ3) is 6.07.